The molecule has 6 nitrogen and oxygen atoms in total. The van der Waals surface area contributed by atoms with Gasteiger partial charge >= 0.3 is 5.97 Å². The Morgan fingerprint density at radius 1 is 0.840 bits per heavy atom. The Bertz CT molecular complexity index is 839. The van der Waals surface area contributed by atoms with Crippen molar-refractivity contribution in [3.63, 3.8) is 0 Å². The van der Waals surface area contributed by atoms with Crippen molar-refractivity contribution in [2.24, 2.45) is 0 Å². The van der Waals surface area contributed by atoms with E-state index in [9.17, 15) is 9.90 Å². The number of aromatic carboxylic acids is 1. The molecule has 0 fully saturated rings. The summed E-state index contributed by atoms with van der Waals surface area (Å²) in [5.41, 5.74) is 1.63. The highest BCUT2D eigenvalue weighted by Gasteiger charge is 2.12. The molecule has 1 N–H and O–H groups in total. The average molecular weight is 336 g/mol. The third-order valence-corrected chi connectivity index (χ3v) is 3.39. The van der Waals surface area contributed by atoms with E-state index in [2.05, 4.69) is 9.97 Å². The van der Waals surface area contributed by atoms with Crippen LogP contribution >= 0.6 is 0 Å². The molecule has 1 aromatic carbocycles. The molecule has 0 aliphatic carbocycles. The van der Waals surface area contributed by atoms with Crippen molar-refractivity contribution in [1.29, 1.82) is 0 Å². The number of nitrogens with zero attached hydrogens (tertiary/aromatic N) is 2. The Balaban J connectivity index is 1.77. The van der Waals surface area contributed by atoms with Crippen molar-refractivity contribution in [1.82, 2.24) is 9.97 Å². The summed E-state index contributed by atoms with van der Waals surface area (Å²) in [6, 6.07) is 15.6. The summed E-state index contributed by atoms with van der Waals surface area (Å²) in [4.78, 5) is 19.6. The maximum atomic E-state index is 11.2. The SMILES string of the molecule is O=C(O)c1ccc(OCc2ccccn2)c(OCc2ccccn2)c1. The average Bonchev–Trinajstić information content (AvgIpc) is 2.66. The van der Waals surface area contributed by atoms with Gasteiger partial charge in [0.1, 0.15) is 13.2 Å². The predicted molar refractivity (Wildman–Crippen MR) is 90.5 cm³/mol. The second-order valence-electron chi connectivity index (χ2n) is 5.19. The lowest BCUT2D eigenvalue weighted by Gasteiger charge is -2.13. The number of benzene rings is 1. The summed E-state index contributed by atoms with van der Waals surface area (Å²) in [5, 5.41) is 9.17. The molecule has 0 radical (unpaired) electrons. The molecule has 0 aliphatic rings. The molecule has 0 saturated heterocycles. The third-order valence-electron chi connectivity index (χ3n) is 3.39. The van der Waals surface area contributed by atoms with Crippen LogP contribution in [0.3, 0.4) is 0 Å². The lowest BCUT2D eigenvalue weighted by atomic mass is 10.2. The van der Waals surface area contributed by atoms with E-state index < -0.39 is 5.97 Å². The summed E-state index contributed by atoms with van der Waals surface area (Å²) in [7, 11) is 0. The van der Waals surface area contributed by atoms with Crippen molar-refractivity contribution < 1.29 is 19.4 Å². The van der Waals surface area contributed by atoms with Gasteiger partial charge < -0.3 is 14.6 Å². The van der Waals surface area contributed by atoms with Gasteiger partial charge in [0.25, 0.3) is 0 Å². The minimum absolute atomic E-state index is 0.126. The van der Waals surface area contributed by atoms with Gasteiger partial charge in [-0.15, -0.1) is 0 Å². The van der Waals surface area contributed by atoms with Crippen LogP contribution in [0.25, 0.3) is 0 Å². The number of pyridine rings is 2. The van der Waals surface area contributed by atoms with Crippen LogP contribution in [-0.2, 0) is 13.2 Å². The maximum Gasteiger partial charge on any atom is 0.335 e. The molecular formula is C19H16N2O4. The number of hydrogen-bond donors (Lipinski definition) is 1. The van der Waals surface area contributed by atoms with Gasteiger partial charge in [0.15, 0.2) is 11.5 Å². The molecule has 0 aliphatic heterocycles. The molecule has 2 heterocycles. The van der Waals surface area contributed by atoms with E-state index in [4.69, 9.17) is 9.47 Å². The maximum absolute atomic E-state index is 11.2. The van der Waals surface area contributed by atoms with Crippen molar-refractivity contribution in [2.75, 3.05) is 0 Å². The van der Waals surface area contributed by atoms with Crippen molar-refractivity contribution in [3.8, 4) is 11.5 Å². The van der Waals surface area contributed by atoms with E-state index in [1.54, 1.807) is 18.5 Å². The summed E-state index contributed by atoms with van der Waals surface area (Å²) < 4.78 is 11.5. The molecular weight excluding hydrogens is 320 g/mol. The molecule has 2 aromatic heterocycles. The number of ether oxygens (including phenoxy) is 2. The van der Waals surface area contributed by atoms with Gasteiger partial charge in [0.05, 0.1) is 17.0 Å². The van der Waals surface area contributed by atoms with Crippen LogP contribution in [0.1, 0.15) is 21.7 Å². The molecule has 3 aromatic rings. The zero-order chi connectivity index (χ0) is 17.5. The molecule has 0 atom stereocenters. The molecule has 0 bridgehead atoms. The Kier molecular flexibility index (Phi) is 5.21. The molecule has 126 valence electrons. The highest BCUT2D eigenvalue weighted by atomic mass is 16.5. The zero-order valence-electron chi connectivity index (χ0n) is 13.3. The first-order valence-corrected chi connectivity index (χ1v) is 7.65. The van der Waals surface area contributed by atoms with Gasteiger partial charge in [0.2, 0.25) is 0 Å². The topological polar surface area (TPSA) is 81.5 Å². The highest BCUT2D eigenvalue weighted by molar-refractivity contribution is 5.88. The summed E-state index contributed by atoms with van der Waals surface area (Å²) >= 11 is 0. The van der Waals surface area contributed by atoms with Gasteiger partial charge in [-0.2, -0.15) is 0 Å². The minimum atomic E-state index is -1.03. The number of aromatic nitrogens is 2. The standard InChI is InChI=1S/C19H16N2O4/c22-19(23)14-7-8-17(24-12-15-5-1-3-9-20-15)18(11-14)25-13-16-6-2-4-10-21-16/h1-11H,12-13H2,(H,22,23). The number of hydrogen-bond acceptors (Lipinski definition) is 5. The Labute approximate surface area is 144 Å². The van der Waals surface area contributed by atoms with E-state index in [1.165, 1.54) is 12.1 Å². The Morgan fingerprint density at radius 2 is 1.44 bits per heavy atom. The van der Waals surface area contributed by atoms with Crippen LogP contribution < -0.4 is 9.47 Å². The first-order chi connectivity index (χ1) is 12.2. The Morgan fingerprint density at radius 3 is 1.96 bits per heavy atom. The van der Waals surface area contributed by atoms with Crippen LogP contribution in [0.4, 0.5) is 0 Å². The minimum Gasteiger partial charge on any atom is -0.483 e. The van der Waals surface area contributed by atoms with Gasteiger partial charge in [-0.05, 0) is 42.5 Å². The zero-order valence-corrected chi connectivity index (χ0v) is 13.3. The van der Waals surface area contributed by atoms with Crippen LogP contribution in [0.2, 0.25) is 0 Å². The predicted octanol–water partition coefficient (Wildman–Crippen LogP) is 3.33. The van der Waals surface area contributed by atoms with E-state index in [1.807, 2.05) is 36.4 Å². The summed E-state index contributed by atoms with van der Waals surface area (Å²) in [6.07, 6.45) is 3.36. The highest BCUT2D eigenvalue weighted by Crippen LogP contribution is 2.30. The second kappa shape index (κ2) is 7.92. The fraction of sp³-hybridized carbons (Fsp3) is 0.105. The number of carbonyl (C=O) groups is 1. The van der Waals surface area contributed by atoms with Crippen LogP contribution in [0.15, 0.2) is 67.0 Å². The normalized spacial score (nSPS) is 10.2. The van der Waals surface area contributed by atoms with Crippen molar-refractivity contribution in [2.45, 2.75) is 13.2 Å². The van der Waals surface area contributed by atoms with E-state index in [0.29, 0.717) is 11.5 Å². The second-order valence-corrected chi connectivity index (χ2v) is 5.19. The number of rotatable bonds is 7. The third kappa shape index (κ3) is 4.54. The number of carboxylic acids is 1. The number of carboxylic acid groups (broad SMARTS) is 1. The monoisotopic (exact) mass is 336 g/mol. The molecule has 0 unspecified atom stereocenters. The molecule has 0 saturated carbocycles. The fourth-order valence-corrected chi connectivity index (χ4v) is 2.14. The molecule has 0 spiro atoms. The van der Waals surface area contributed by atoms with Gasteiger partial charge in [0, 0.05) is 12.4 Å². The first kappa shape index (κ1) is 16.4. The van der Waals surface area contributed by atoms with Crippen LogP contribution in [0.5, 0.6) is 11.5 Å². The molecule has 3 rings (SSSR count). The van der Waals surface area contributed by atoms with E-state index in [0.717, 1.165) is 11.4 Å². The lowest BCUT2D eigenvalue weighted by Crippen LogP contribution is -2.04. The van der Waals surface area contributed by atoms with Gasteiger partial charge in [-0.3, -0.25) is 9.97 Å². The first-order valence-electron chi connectivity index (χ1n) is 7.65. The summed E-state index contributed by atoms with van der Waals surface area (Å²) in [6.45, 7) is 0.469. The van der Waals surface area contributed by atoms with Gasteiger partial charge in [-0.25, -0.2) is 4.79 Å². The van der Waals surface area contributed by atoms with Crippen LogP contribution in [-0.4, -0.2) is 21.0 Å². The summed E-state index contributed by atoms with van der Waals surface area (Å²) in [5.74, 6) is -0.230. The molecule has 6 heteroatoms. The van der Waals surface area contributed by atoms with Crippen LogP contribution in [0, 0.1) is 0 Å². The fourth-order valence-electron chi connectivity index (χ4n) is 2.14. The van der Waals surface area contributed by atoms with Crippen molar-refractivity contribution in [3.05, 3.63) is 83.9 Å². The lowest BCUT2D eigenvalue weighted by molar-refractivity contribution is 0.0696. The smallest absolute Gasteiger partial charge is 0.335 e. The Hall–Kier alpha value is -3.41. The van der Waals surface area contributed by atoms with Gasteiger partial charge in [-0.1, -0.05) is 12.1 Å². The van der Waals surface area contributed by atoms with E-state index in [-0.39, 0.29) is 18.8 Å². The quantitative estimate of drug-likeness (QED) is 0.713. The molecule has 0 amide bonds. The van der Waals surface area contributed by atoms with E-state index >= 15 is 0 Å². The van der Waals surface area contributed by atoms with Crippen molar-refractivity contribution >= 4 is 5.97 Å². The largest absolute Gasteiger partial charge is 0.483 e. The molecule has 25 heavy (non-hydrogen) atoms.